The molecular weight excluding hydrogens is 492 g/mol. The fraction of sp³-hybridized carbons (Fsp3) is 0.429. The van der Waals surface area contributed by atoms with E-state index in [1.807, 2.05) is 42.5 Å². The van der Waals surface area contributed by atoms with Crippen molar-refractivity contribution in [2.45, 2.75) is 51.7 Å². The maximum absolute atomic E-state index is 13.5. The molecule has 196 valence electrons. The van der Waals surface area contributed by atoms with Gasteiger partial charge in [-0.3, -0.25) is 9.59 Å². The Balaban J connectivity index is 1.41. The van der Waals surface area contributed by atoms with Crippen molar-refractivity contribution in [1.29, 1.82) is 0 Å². The number of rotatable bonds is 11. The highest BCUT2D eigenvalue weighted by atomic mass is 35.5. The summed E-state index contributed by atoms with van der Waals surface area (Å²) in [5.74, 6) is 0.526. The third kappa shape index (κ3) is 7.40. The van der Waals surface area contributed by atoms with E-state index < -0.39 is 0 Å². The number of carbonyl (C=O) groups is 2. The highest BCUT2D eigenvalue weighted by Gasteiger charge is 2.33. The molecule has 2 aromatic carbocycles. The van der Waals surface area contributed by atoms with Crippen LogP contribution in [0.25, 0.3) is 11.4 Å². The van der Waals surface area contributed by atoms with E-state index in [0.29, 0.717) is 36.4 Å². The fourth-order valence-corrected chi connectivity index (χ4v) is 4.61. The minimum absolute atomic E-state index is 0.000677. The Morgan fingerprint density at radius 3 is 2.78 bits per heavy atom. The average molecular weight is 525 g/mol. The van der Waals surface area contributed by atoms with Crippen molar-refractivity contribution >= 4 is 23.4 Å². The summed E-state index contributed by atoms with van der Waals surface area (Å²) in [4.78, 5) is 34.4. The number of nitrogens with zero attached hydrogens (tertiary/aromatic N) is 4. The smallest absolute Gasteiger partial charge is 0.249 e. The second-order valence-electron chi connectivity index (χ2n) is 9.21. The zero-order valence-electron chi connectivity index (χ0n) is 21.1. The van der Waals surface area contributed by atoms with Crippen LogP contribution in [0.4, 0.5) is 0 Å². The molecule has 0 radical (unpaired) electrons. The first kappa shape index (κ1) is 26.8. The van der Waals surface area contributed by atoms with Gasteiger partial charge in [-0.25, -0.2) is 0 Å². The van der Waals surface area contributed by atoms with E-state index >= 15 is 0 Å². The van der Waals surface area contributed by atoms with Crippen molar-refractivity contribution in [2.75, 3.05) is 26.2 Å². The molecule has 1 aliphatic heterocycles. The fourth-order valence-electron chi connectivity index (χ4n) is 4.42. The molecular formula is C28H33ClN4O4. The van der Waals surface area contributed by atoms with Crippen molar-refractivity contribution in [3.8, 4) is 11.4 Å². The molecule has 0 saturated carbocycles. The molecule has 2 amide bonds. The highest BCUT2D eigenvalue weighted by molar-refractivity contribution is 6.30. The van der Waals surface area contributed by atoms with E-state index in [4.69, 9.17) is 20.9 Å². The highest BCUT2D eigenvalue weighted by Crippen LogP contribution is 2.31. The molecule has 1 unspecified atom stereocenters. The summed E-state index contributed by atoms with van der Waals surface area (Å²) in [5, 5.41) is 4.71. The summed E-state index contributed by atoms with van der Waals surface area (Å²) in [5.41, 5.74) is 1.75. The molecule has 0 spiro atoms. The first-order valence-corrected chi connectivity index (χ1v) is 13.2. The third-order valence-corrected chi connectivity index (χ3v) is 6.67. The molecule has 1 saturated heterocycles. The number of halogens is 1. The van der Waals surface area contributed by atoms with Crippen LogP contribution in [0.2, 0.25) is 5.02 Å². The van der Waals surface area contributed by atoms with Crippen molar-refractivity contribution in [3.63, 3.8) is 0 Å². The first-order chi connectivity index (χ1) is 18.0. The molecule has 8 nitrogen and oxygen atoms in total. The minimum atomic E-state index is -0.320. The average Bonchev–Trinajstić information content (AvgIpc) is 3.42. The summed E-state index contributed by atoms with van der Waals surface area (Å²) in [6.07, 6.45) is 4.30. The number of aromatic nitrogens is 2. The van der Waals surface area contributed by atoms with Gasteiger partial charge in [0.2, 0.25) is 23.5 Å². The van der Waals surface area contributed by atoms with Gasteiger partial charge in [-0.05, 0) is 43.4 Å². The Labute approximate surface area is 222 Å². The van der Waals surface area contributed by atoms with Crippen molar-refractivity contribution in [2.24, 2.45) is 0 Å². The predicted octanol–water partition coefficient (Wildman–Crippen LogP) is 5.29. The molecule has 1 aliphatic rings. The summed E-state index contributed by atoms with van der Waals surface area (Å²) in [6.45, 7) is 3.43. The normalized spacial score (nSPS) is 15.5. The van der Waals surface area contributed by atoms with Crippen LogP contribution in [0.5, 0.6) is 0 Å². The zero-order valence-corrected chi connectivity index (χ0v) is 21.9. The molecule has 1 aromatic heterocycles. The molecule has 3 aromatic rings. The monoisotopic (exact) mass is 524 g/mol. The van der Waals surface area contributed by atoms with Crippen LogP contribution < -0.4 is 0 Å². The van der Waals surface area contributed by atoms with Gasteiger partial charge in [0.25, 0.3) is 0 Å². The number of unbranched alkanes of at least 4 members (excludes halogenated alkanes) is 1. The number of amides is 2. The van der Waals surface area contributed by atoms with Gasteiger partial charge in [-0.2, -0.15) is 4.98 Å². The third-order valence-electron chi connectivity index (χ3n) is 6.43. The van der Waals surface area contributed by atoms with Gasteiger partial charge in [0.05, 0.1) is 13.2 Å². The molecule has 37 heavy (non-hydrogen) atoms. The van der Waals surface area contributed by atoms with Crippen molar-refractivity contribution in [3.05, 3.63) is 71.1 Å². The van der Waals surface area contributed by atoms with Crippen LogP contribution in [-0.4, -0.2) is 58.0 Å². The van der Waals surface area contributed by atoms with Gasteiger partial charge >= 0.3 is 0 Å². The summed E-state index contributed by atoms with van der Waals surface area (Å²) in [7, 11) is 0. The number of benzene rings is 2. The van der Waals surface area contributed by atoms with Crippen LogP contribution in [0, 0.1) is 0 Å². The largest absolute Gasteiger partial charge is 0.367 e. The number of ether oxygens (including phenoxy) is 1. The number of likely N-dealkylation sites (tertiary alicyclic amines) is 1. The quantitative estimate of drug-likeness (QED) is 0.338. The Morgan fingerprint density at radius 1 is 1.16 bits per heavy atom. The van der Waals surface area contributed by atoms with Crippen LogP contribution in [0.1, 0.15) is 56.5 Å². The van der Waals surface area contributed by atoms with E-state index in [2.05, 4.69) is 17.1 Å². The first-order valence-electron chi connectivity index (χ1n) is 12.8. The standard InChI is InChI=1S/C28H33ClN4O4/c1-2-3-15-32(26(35)20-36-19-21-10-5-4-6-11-21)18-25(34)33-16-8-7-14-24(33)28-30-27(31-37-28)22-12-9-13-23(29)17-22/h4-6,9-13,17,24H,2-3,7-8,14-16,18-20H2,1H3. The number of piperidine rings is 1. The van der Waals surface area contributed by atoms with Gasteiger partial charge in [0, 0.05) is 23.7 Å². The van der Waals surface area contributed by atoms with Gasteiger partial charge in [-0.1, -0.05) is 72.6 Å². The van der Waals surface area contributed by atoms with E-state index in [1.54, 1.807) is 21.9 Å². The number of hydrogen-bond acceptors (Lipinski definition) is 6. The maximum atomic E-state index is 13.5. The SMILES string of the molecule is CCCCN(CC(=O)N1CCCCC1c1nc(-c2cccc(Cl)c2)no1)C(=O)COCc1ccccc1. The Bertz CT molecular complexity index is 1170. The molecule has 9 heteroatoms. The van der Waals surface area contributed by atoms with Crippen LogP contribution >= 0.6 is 11.6 Å². The minimum Gasteiger partial charge on any atom is -0.367 e. The summed E-state index contributed by atoms with van der Waals surface area (Å²) in [6, 6.07) is 16.6. The maximum Gasteiger partial charge on any atom is 0.249 e. The Morgan fingerprint density at radius 2 is 2.00 bits per heavy atom. The van der Waals surface area contributed by atoms with E-state index in [-0.39, 0.29) is 31.0 Å². The summed E-state index contributed by atoms with van der Waals surface area (Å²) < 4.78 is 11.2. The Kier molecular flexibility index (Phi) is 9.68. The number of hydrogen-bond donors (Lipinski definition) is 0. The van der Waals surface area contributed by atoms with Crippen molar-refractivity contribution in [1.82, 2.24) is 19.9 Å². The molecule has 2 heterocycles. The second kappa shape index (κ2) is 13.4. The van der Waals surface area contributed by atoms with Gasteiger partial charge in [-0.15, -0.1) is 0 Å². The second-order valence-corrected chi connectivity index (χ2v) is 9.65. The van der Waals surface area contributed by atoms with Gasteiger partial charge in [0.15, 0.2) is 0 Å². The Hall–Kier alpha value is -3.23. The lowest BCUT2D eigenvalue weighted by Crippen LogP contribution is -2.47. The van der Waals surface area contributed by atoms with Crippen LogP contribution in [0.15, 0.2) is 59.1 Å². The zero-order chi connectivity index (χ0) is 26.0. The van der Waals surface area contributed by atoms with Gasteiger partial charge in [0.1, 0.15) is 12.6 Å². The lowest BCUT2D eigenvalue weighted by Gasteiger charge is -2.35. The van der Waals surface area contributed by atoms with Crippen molar-refractivity contribution < 1.29 is 18.8 Å². The molecule has 0 N–H and O–H groups in total. The molecule has 4 rings (SSSR count). The van der Waals surface area contributed by atoms with E-state index in [9.17, 15) is 9.59 Å². The number of carbonyl (C=O) groups excluding carboxylic acids is 2. The van der Waals surface area contributed by atoms with E-state index in [0.717, 1.165) is 43.2 Å². The molecule has 1 atom stereocenters. The predicted molar refractivity (Wildman–Crippen MR) is 141 cm³/mol. The molecule has 0 aliphatic carbocycles. The van der Waals surface area contributed by atoms with Crippen LogP contribution in [0.3, 0.4) is 0 Å². The topological polar surface area (TPSA) is 88.8 Å². The summed E-state index contributed by atoms with van der Waals surface area (Å²) >= 11 is 6.11. The van der Waals surface area contributed by atoms with Gasteiger partial charge < -0.3 is 19.1 Å². The van der Waals surface area contributed by atoms with E-state index in [1.165, 1.54) is 0 Å². The molecule has 0 bridgehead atoms. The van der Waals surface area contributed by atoms with Crippen LogP contribution in [-0.2, 0) is 20.9 Å². The lowest BCUT2D eigenvalue weighted by atomic mass is 10.0. The lowest BCUT2D eigenvalue weighted by molar-refractivity contribution is -0.145. The molecule has 1 fully saturated rings.